The molecule has 60 valence electrons. The summed E-state index contributed by atoms with van der Waals surface area (Å²) in [6.45, 7) is 0. The summed E-state index contributed by atoms with van der Waals surface area (Å²) in [5, 5.41) is 0. The lowest BCUT2D eigenvalue weighted by Gasteiger charge is -2.08. The Bertz CT molecular complexity index is 252. The maximum atomic E-state index is 2.26. The molecular formula is C8H11NOS. The first-order valence-electron chi connectivity index (χ1n) is 3.31. The van der Waals surface area contributed by atoms with Gasteiger partial charge in [0, 0.05) is 11.9 Å². The van der Waals surface area contributed by atoms with Gasteiger partial charge in [-0.05, 0) is 12.1 Å². The number of nitrogens with zero attached hydrogens (tertiary/aromatic N) is 1. The van der Waals surface area contributed by atoms with Crippen LogP contribution in [0.2, 0.25) is 0 Å². The lowest BCUT2D eigenvalue weighted by atomic mass is 10.3. The molecule has 0 radical (unpaired) electrons. The van der Waals surface area contributed by atoms with Crippen molar-refractivity contribution in [2.45, 2.75) is 4.90 Å². The van der Waals surface area contributed by atoms with E-state index in [4.69, 9.17) is 0 Å². The van der Waals surface area contributed by atoms with Gasteiger partial charge in [-0.25, -0.2) is 0 Å². The smallest absolute Gasteiger partial charge is 0.0683 e. The van der Waals surface area contributed by atoms with Crippen LogP contribution in [0.15, 0.2) is 29.2 Å². The van der Waals surface area contributed by atoms with E-state index in [0.29, 0.717) is 0 Å². The van der Waals surface area contributed by atoms with Crippen LogP contribution in [-0.2, 0) is 0 Å². The predicted octanol–water partition coefficient (Wildman–Crippen LogP) is 1.36. The van der Waals surface area contributed by atoms with Crippen molar-refractivity contribution in [3.63, 3.8) is 0 Å². The summed E-state index contributed by atoms with van der Waals surface area (Å²) in [6.07, 6.45) is 0. The molecule has 11 heavy (non-hydrogen) atoms. The fourth-order valence-corrected chi connectivity index (χ4v) is 2.15. The van der Waals surface area contributed by atoms with E-state index in [9.17, 15) is 0 Å². The minimum Gasteiger partial charge on any atom is -0.412 e. The van der Waals surface area contributed by atoms with Gasteiger partial charge >= 0.3 is 0 Å². The lowest BCUT2D eigenvalue weighted by Crippen LogP contribution is -2.10. The second kappa shape index (κ2) is 3.15. The molecule has 1 aromatic rings. The third kappa shape index (κ3) is 1.34. The standard InChI is InChI=1S/C8H9NS.H2O/c1-9-6-10-8-5-3-2-4-7(8)9;/h2-5H,6H2,1H3;1H2. The van der Waals surface area contributed by atoms with Gasteiger partial charge in [-0.1, -0.05) is 12.1 Å². The van der Waals surface area contributed by atoms with E-state index in [1.807, 2.05) is 11.8 Å². The minimum atomic E-state index is 0. The number of anilines is 1. The fourth-order valence-electron chi connectivity index (χ4n) is 1.13. The van der Waals surface area contributed by atoms with E-state index in [1.165, 1.54) is 10.6 Å². The van der Waals surface area contributed by atoms with Gasteiger partial charge in [0.2, 0.25) is 0 Å². The molecule has 1 aliphatic rings. The monoisotopic (exact) mass is 169 g/mol. The van der Waals surface area contributed by atoms with Gasteiger partial charge in [0.25, 0.3) is 0 Å². The molecule has 0 aliphatic carbocycles. The third-order valence-corrected chi connectivity index (χ3v) is 2.86. The molecule has 0 bridgehead atoms. The molecule has 1 heterocycles. The predicted molar refractivity (Wildman–Crippen MR) is 49.2 cm³/mol. The Hall–Kier alpha value is -0.670. The molecule has 0 saturated carbocycles. The molecule has 3 heteroatoms. The lowest BCUT2D eigenvalue weighted by molar-refractivity contribution is 0.824. The SMILES string of the molecule is CN1CSc2ccccc21.O. The Balaban J connectivity index is 0.000000605. The molecule has 0 fully saturated rings. The number of thioether (sulfide) groups is 1. The average Bonchev–Trinajstić information content (AvgIpc) is 2.34. The highest BCUT2D eigenvalue weighted by Gasteiger charge is 2.13. The third-order valence-electron chi connectivity index (χ3n) is 1.69. The van der Waals surface area contributed by atoms with Gasteiger partial charge in [-0.15, -0.1) is 11.8 Å². The summed E-state index contributed by atoms with van der Waals surface area (Å²) in [7, 11) is 2.12. The van der Waals surface area contributed by atoms with Crippen molar-refractivity contribution in [2.75, 3.05) is 17.8 Å². The zero-order valence-corrected chi connectivity index (χ0v) is 7.19. The Labute approximate surface area is 70.5 Å². The van der Waals surface area contributed by atoms with Crippen molar-refractivity contribution in [1.82, 2.24) is 0 Å². The van der Waals surface area contributed by atoms with E-state index < -0.39 is 0 Å². The van der Waals surface area contributed by atoms with Gasteiger partial charge < -0.3 is 10.4 Å². The number of fused-ring (bicyclic) bond motifs is 1. The molecule has 2 rings (SSSR count). The molecule has 0 atom stereocenters. The quantitative estimate of drug-likeness (QED) is 0.587. The van der Waals surface area contributed by atoms with Crippen LogP contribution in [0.3, 0.4) is 0 Å². The zero-order chi connectivity index (χ0) is 6.97. The first kappa shape index (κ1) is 8.43. The van der Waals surface area contributed by atoms with E-state index >= 15 is 0 Å². The number of rotatable bonds is 0. The van der Waals surface area contributed by atoms with Crippen LogP contribution in [-0.4, -0.2) is 18.4 Å². The van der Waals surface area contributed by atoms with E-state index in [-0.39, 0.29) is 5.48 Å². The summed E-state index contributed by atoms with van der Waals surface area (Å²) < 4.78 is 0. The summed E-state index contributed by atoms with van der Waals surface area (Å²) >= 11 is 1.90. The zero-order valence-electron chi connectivity index (χ0n) is 6.37. The van der Waals surface area contributed by atoms with Gasteiger partial charge in [-0.2, -0.15) is 0 Å². The molecule has 0 aromatic heterocycles. The second-order valence-electron chi connectivity index (χ2n) is 2.44. The van der Waals surface area contributed by atoms with Crippen molar-refractivity contribution in [2.24, 2.45) is 0 Å². The van der Waals surface area contributed by atoms with Crippen molar-refractivity contribution >= 4 is 17.4 Å². The van der Waals surface area contributed by atoms with Gasteiger partial charge in [0.15, 0.2) is 0 Å². The molecule has 0 unspecified atom stereocenters. The molecule has 2 N–H and O–H groups in total. The van der Waals surface area contributed by atoms with Gasteiger partial charge in [0.05, 0.1) is 11.6 Å². The van der Waals surface area contributed by atoms with Crippen LogP contribution in [0.5, 0.6) is 0 Å². The van der Waals surface area contributed by atoms with Crippen molar-refractivity contribution in [3.05, 3.63) is 24.3 Å². The first-order valence-corrected chi connectivity index (χ1v) is 4.29. The number of hydrogen-bond acceptors (Lipinski definition) is 2. The number of benzene rings is 1. The van der Waals surface area contributed by atoms with Crippen LogP contribution >= 0.6 is 11.8 Å². The highest BCUT2D eigenvalue weighted by molar-refractivity contribution is 7.99. The Morgan fingerprint density at radius 1 is 1.36 bits per heavy atom. The molecule has 1 aromatic carbocycles. The normalized spacial score (nSPS) is 14.1. The maximum Gasteiger partial charge on any atom is 0.0683 e. The van der Waals surface area contributed by atoms with Crippen LogP contribution < -0.4 is 4.90 Å². The van der Waals surface area contributed by atoms with Crippen molar-refractivity contribution in [3.8, 4) is 0 Å². The first-order chi connectivity index (χ1) is 4.88. The van der Waals surface area contributed by atoms with E-state index in [0.717, 1.165) is 5.88 Å². The summed E-state index contributed by atoms with van der Waals surface area (Å²) in [5.74, 6) is 1.10. The minimum absolute atomic E-state index is 0. The van der Waals surface area contributed by atoms with E-state index in [2.05, 4.69) is 36.2 Å². The van der Waals surface area contributed by atoms with Crippen LogP contribution in [0, 0.1) is 0 Å². The van der Waals surface area contributed by atoms with E-state index in [1.54, 1.807) is 0 Å². The Morgan fingerprint density at radius 3 is 2.82 bits per heavy atom. The molecule has 0 spiro atoms. The van der Waals surface area contributed by atoms with Crippen LogP contribution in [0.4, 0.5) is 5.69 Å². The highest BCUT2D eigenvalue weighted by atomic mass is 32.2. The average molecular weight is 169 g/mol. The largest absolute Gasteiger partial charge is 0.412 e. The highest BCUT2D eigenvalue weighted by Crippen LogP contribution is 2.36. The maximum absolute atomic E-state index is 2.26. The van der Waals surface area contributed by atoms with Gasteiger partial charge in [0.1, 0.15) is 0 Å². The number of hydrogen-bond donors (Lipinski definition) is 0. The van der Waals surface area contributed by atoms with Crippen molar-refractivity contribution < 1.29 is 5.48 Å². The number of para-hydroxylation sites is 1. The summed E-state index contributed by atoms with van der Waals surface area (Å²) in [4.78, 5) is 3.67. The van der Waals surface area contributed by atoms with Crippen molar-refractivity contribution in [1.29, 1.82) is 0 Å². The van der Waals surface area contributed by atoms with Gasteiger partial charge in [-0.3, -0.25) is 0 Å². The van der Waals surface area contributed by atoms with Crippen LogP contribution in [0.25, 0.3) is 0 Å². The summed E-state index contributed by atoms with van der Waals surface area (Å²) in [6, 6.07) is 8.50. The Kier molecular flexibility index (Phi) is 2.42. The fraction of sp³-hybridized carbons (Fsp3) is 0.250. The van der Waals surface area contributed by atoms with Crippen LogP contribution in [0.1, 0.15) is 0 Å². The summed E-state index contributed by atoms with van der Waals surface area (Å²) in [5.41, 5.74) is 1.37. The molecule has 0 saturated heterocycles. The second-order valence-corrected chi connectivity index (χ2v) is 3.43. The topological polar surface area (TPSA) is 34.7 Å². The molecule has 1 aliphatic heterocycles. The molecule has 2 nitrogen and oxygen atoms in total. The molecular weight excluding hydrogens is 158 g/mol. The molecule has 0 amide bonds. The Morgan fingerprint density at radius 2 is 2.09 bits per heavy atom.